The third kappa shape index (κ3) is 28.9. The molecule has 3 unspecified atom stereocenters. The van der Waals surface area contributed by atoms with Gasteiger partial charge in [0.2, 0.25) is 0 Å². The lowest BCUT2D eigenvalue weighted by molar-refractivity contribution is -0.161. The molecule has 0 aliphatic heterocycles. The number of aliphatic hydroxyl groups excluding tert-OH is 2. The Labute approximate surface area is 273 Å². The van der Waals surface area contributed by atoms with E-state index in [1.165, 1.54) is 64.2 Å². The molecule has 268 valence electrons. The molecule has 0 aromatic heterocycles. The molecular formula is C34H67O10P. The predicted octanol–water partition coefficient (Wildman–Crippen LogP) is 8.04. The molecule has 0 aromatic carbocycles. The Balaban J connectivity index is 4.44. The zero-order chi connectivity index (χ0) is 33.8. The van der Waals surface area contributed by atoms with Crippen LogP contribution < -0.4 is 0 Å². The molecule has 0 aliphatic rings. The van der Waals surface area contributed by atoms with Crippen LogP contribution in [0.4, 0.5) is 0 Å². The molecule has 5 atom stereocenters. The van der Waals surface area contributed by atoms with Crippen molar-refractivity contribution in [1.82, 2.24) is 0 Å². The monoisotopic (exact) mass is 666 g/mol. The number of unbranched alkanes of at least 4 members (excludes halogenated alkanes) is 12. The van der Waals surface area contributed by atoms with Crippen LogP contribution in [-0.2, 0) is 32.7 Å². The summed E-state index contributed by atoms with van der Waals surface area (Å²) >= 11 is 0. The average Bonchev–Trinajstić information content (AvgIpc) is 3.02. The molecule has 0 heterocycles. The van der Waals surface area contributed by atoms with E-state index in [-0.39, 0.29) is 19.4 Å². The van der Waals surface area contributed by atoms with Crippen molar-refractivity contribution in [1.29, 1.82) is 0 Å². The molecule has 0 amide bonds. The molecule has 0 saturated carbocycles. The molecule has 0 aromatic rings. The summed E-state index contributed by atoms with van der Waals surface area (Å²) in [7, 11) is -4.60. The molecule has 0 rings (SSSR count). The molecule has 0 bridgehead atoms. The van der Waals surface area contributed by atoms with Crippen LogP contribution in [-0.4, -0.2) is 65.7 Å². The summed E-state index contributed by atoms with van der Waals surface area (Å²) in [6, 6.07) is 0. The average molecular weight is 667 g/mol. The van der Waals surface area contributed by atoms with Gasteiger partial charge in [0.25, 0.3) is 0 Å². The van der Waals surface area contributed by atoms with Crippen molar-refractivity contribution < 1.29 is 47.8 Å². The quantitative estimate of drug-likeness (QED) is 0.0366. The number of carbonyl (C=O) groups excluding carboxylic acids is 2. The second kappa shape index (κ2) is 29.1. The first-order chi connectivity index (χ1) is 21.5. The van der Waals surface area contributed by atoms with E-state index in [9.17, 15) is 24.2 Å². The fourth-order valence-corrected chi connectivity index (χ4v) is 5.56. The number of hydrogen-bond acceptors (Lipinski definition) is 9. The largest absolute Gasteiger partial charge is 0.472 e. The van der Waals surface area contributed by atoms with Gasteiger partial charge in [-0.15, -0.1) is 0 Å². The molecule has 0 radical (unpaired) electrons. The topological polar surface area (TPSA) is 149 Å². The van der Waals surface area contributed by atoms with Crippen molar-refractivity contribution >= 4 is 19.8 Å². The number of phosphoric ester groups is 1. The summed E-state index contributed by atoms with van der Waals surface area (Å²) in [4.78, 5) is 34.7. The lowest BCUT2D eigenvalue weighted by atomic mass is 9.99. The minimum Gasteiger partial charge on any atom is -0.462 e. The first-order valence-electron chi connectivity index (χ1n) is 17.8. The van der Waals surface area contributed by atoms with E-state index in [2.05, 4.69) is 32.2 Å². The lowest BCUT2D eigenvalue weighted by Gasteiger charge is -2.20. The Hall–Kier alpha value is -1.03. The summed E-state index contributed by atoms with van der Waals surface area (Å²) in [5, 5.41) is 18.2. The summed E-state index contributed by atoms with van der Waals surface area (Å²) in [5.74, 6) is 0.659. The molecule has 0 aliphatic carbocycles. The van der Waals surface area contributed by atoms with Gasteiger partial charge in [-0.2, -0.15) is 0 Å². The zero-order valence-corrected chi connectivity index (χ0v) is 29.8. The number of carbonyl (C=O) groups is 2. The van der Waals surface area contributed by atoms with Gasteiger partial charge in [-0.1, -0.05) is 130 Å². The highest BCUT2D eigenvalue weighted by Crippen LogP contribution is 2.43. The number of aliphatic hydroxyl groups is 2. The van der Waals surface area contributed by atoms with E-state index in [1.54, 1.807) is 0 Å². The first kappa shape index (κ1) is 44.0. The molecule has 45 heavy (non-hydrogen) atoms. The Kier molecular flexibility index (Phi) is 28.5. The van der Waals surface area contributed by atoms with Gasteiger partial charge in [0.1, 0.15) is 12.7 Å². The maximum Gasteiger partial charge on any atom is 0.472 e. The van der Waals surface area contributed by atoms with Crippen LogP contribution in [0.2, 0.25) is 0 Å². The van der Waals surface area contributed by atoms with Crippen molar-refractivity contribution in [3.63, 3.8) is 0 Å². The van der Waals surface area contributed by atoms with Crippen LogP contribution >= 0.6 is 7.82 Å². The van der Waals surface area contributed by atoms with Crippen LogP contribution in [0.1, 0.15) is 156 Å². The second-order valence-corrected chi connectivity index (χ2v) is 14.2. The van der Waals surface area contributed by atoms with Crippen molar-refractivity contribution in [3.8, 4) is 0 Å². The summed E-state index contributed by atoms with van der Waals surface area (Å²) in [5.41, 5.74) is 0. The zero-order valence-electron chi connectivity index (χ0n) is 28.9. The van der Waals surface area contributed by atoms with Gasteiger partial charge in [0.05, 0.1) is 19.8 Å². The SMILES string of the molecule is CCC(C)CCCCCCCCCCC(=O)O[C@H](COC(=O)CCCCCCCCC(C)CC)COP(=O)(O)OC[C@@H](O)CO. The van der Waals surface area contributed by atoms with Gasteiger partial charge in [-0.3, -0.25) is 18.6 Å². The van der Waals surface area contributed by atoms with E-state index >= 15 is 0 Å². The number of rotatable bonds is 32. The summed E-state index contributed by atoms with van der Waals surface area (Å²) in [6.07, 6.45) is 18.1. The fraction of sp³-hybridized carbons (Fsp3) is 0.941. The smallest absolute Gasteiger partial charge is 0.462 e. The Morgan fingerprint density at radius 2 is 1.07 bits per heavy atom. The van der Waals surface area contributed by atoms with E-state index in [4.69, 9.17) is 19.1 Å². The number of phosphoric acid groups is 1. The highest BCUT2D eigenvalue weighted by atomic mass is 31.2. The van der Waals surface area contributed by atoms with E-state index < -0.39 is 51.8 Å². The number of hydrogen-bond donors (Lipinski definition) is 3. The molecule has 3 N–H and O–H groups in total. The first-order valence-corrected chi connectivity index (χ1v) is 19.3. The van der Waals surface area contributed by atoms with Gasteiger partial charge < -0.3 is 24.6 Å². The Morgan fingerprint density at radius 1 is 0.644 bits per heavy atom. The molecule has 0 spiro atoms. The Bertz CT molecular complexity index is 765. The van der Waals surface area contributed by atoms with Crippen molar-refractivity contribution in [2.75, 3.05) is 26.4 Å². The van der Waals surface area contributed by atoms with Gasteiger partial charge in [-0.05, 0) is 24.7 Å². The van der Waals surface area contributed by atoms with E-state index in [0.29, 0.717) is 12.8 Å². The van der Waals surface area contributed by atoms with Crippen LogP contribution in [0.3, 0.4) is 0 Å². The van der Waals surface area contributed by atoms with Gasteiger partial charge in [-0.25, -0.2) is 4.57 Å². The highest BCUT2D eigenvalue weighted by Gasteiger charge is 2.27. The van der Waals surface area contributed by atoms with E-state index in [0.717, 1.165) is 50.4 Å². The highest BCUT2D eigenvalue weighted by molar-refractivity contribution is 7.47. The van der Waals surface area contributed by atoms with Crippen LogP contribution in [0, 0.1) is 11.8 Å². The maximum atomic E-state index is 12.5. The minimum absolute atomic E-state index is 0.187. The molecule has 10 nitrogen and oxygen atoms in total. The fourth-order valence-electron chi connectivity index (χ4n) is 4.77. The van der Waals surface area contributed by atoms with Crippen molar-refractivity contribution in [3.05, 3.63) is 0 Å². The molecule has 11 heteroatoms. The lowest BCUT2D eigenvalue weighted by Crippen LogP contribution is -2.29. The minimum atomic E-state index is -4.60. The number of ether oxygens (including phenoxy) is 2. The van der Waals surface area contributed by atoms with Crippen LogP contribution in [0.25, 0.3) is 0 Å². The Morgan fingerprint density at radius 3 is 1.53 bits per heavy atom. The third-order valence-corrected chi connectivity index (χ3v) is 9.29. The van der Waals surface area contributed by atoms with E-state index in [1.807, 2.05) is 0 Å². The molecule has 0 saturated heterocycles. The third-order valence-electron chi connectivity index (χ3n) is 8.34. The van der Waals surface area contributed by atoms with Gasteiger partial charge >= 0.3 is 19.8 Å². The molecule has 0 fully saturated rings. The normalized spacial score (nSPS) is 15.6. The number of esters is 2. The van der Waals surface area contributed by atoms with Crippen LogP contribution in [0.5, 0.6) is 0 Å². The van der Waals surface area contributed by atoms with Gasteiger partial charge in [0, 0.05) is 12.8 Å². The predicted molar refractivity (Wildman–Crippen MR) is 178 cm³/mol. The second-order valence-electron chi connectivity index (χ2n) is 12.7. The summed E-state index contributed by atoms with van der Waals surface area (Å²) < 4.78 is 32.5. The van der Waals surface area contributed by atoms with Gasteiger partial charge in [0.15, 0.2) is 6.10 Å². The van der Waals surface area contributed by atoms with Crippen LogP contribution in [0.15, 0.2) is 0 Å². The maximum absolute atomic E-state index is 12.5. The van der Waals surface area contributed by atoms with Crippen molar-refractivity contribution in [2.24, 2.45) is 11.8 Å². The molecular weight excluding hydrogens is 599 g/mol. The standard InChI is InChI=1S/C34H67O10P/c1-5-29(3)21-17-13-9-7-8-10-16-20-24-34(38)44-32(28-43-45(39,40)42-26-31(36)25-35)27-41-33(37)23-19-15-12-11-14-18-22-30(4)6-2/h29-32,35-36H,5-28H2,1-4H3,(H,39,40)/t29?,30?,31-,32+/m0/s1. The summed E-state index contributed by atoms with van der Waals surface area (Å²) in [6.45, 7) is 6.94. The van der Waals surface area contributed by atoms with Crippen molar-refractivity contribution in [2.45, 2.75) is 168 Å².